The molecule has 0 aliphatic carbocycles. The van der Waals surface area contributed by atoms with Crippen molar-refractivity contribution in [3.05, 3.63) is 46.0 Å². The summed E-state index contributed by atoms with van der Waals surface area (Å²) >= 11 is 0. The van der Waals surface area contributed by atoms with E-state index in [1.54, 1.807) is 6.92 Å². The van der Waals surface area contributed by atoms with Gasteiger partial charge in [0.05, 0.1) is 6.20 Å². The van der Waals surface area contributed by atoms with Crippen LogP contribution in [0.4, 0.5) is 8.78 Å². The van der Waals surface area contributed by atoms with E-state index >= 15 is 0 Å². The summed E-state index contributed by atoms with van der Waals surface area (Å²) in [6.07, 6.45) is 1.80. The quantitative estimate of drug-likeness (QED) is 0.648. The van der Waals surface area contributed by atoms with E-state index in [4.69, 9.17) is 0 Å². The van der Waals surface area contributed by atoms with Crippen LogP contribution in [0.25, 0.3) is 6.08 Å². The molecule has 0 N–H and O–H groups in total. The molecule has 2 nitrogen and oxygen atoms in total. The van der Waals surface area contributed by atoms with Gasteiger partial charge in [-0.25, -0.2) is 8.78 Å². The Balaban J connectivity index is 3.20. The highest BCUT2D eigenvalue weighted by atomic mass is 19.1. The molecule has 68 valence electrons. The van der Waals surface area contributed by atoms with Gasteiger partial charge >= 0.3 is 0 Å². The van der Waals surface area contributed by atoms with E-state index in [-0.39, 0.29) is 5.56 Å². The molecule has 13 heavy (non-hydrogen) atoms. The Kier molecular flexibility index (Phi) is 2.84. The van der Waals surface area contributed by atoms with Crippen molar-refractivity contribution in [1.29, 1.82) is 0 Å². The molecule has 0 saturated heterocycles. The fourth-order valence-electron chi connectivity index (χ4n) is 0.975. The number of halogens is 2. The molecule has 4 heteroatoms. The maximum absolute atomic E-state index is 13.0. The topological polar surface area (TPSA) is 29.4 Å². The standard InChI is InChI=1S/C9H7F2NO/c1-6-4-8(10)7(2-3-12-13)9(11)5-6/h2-5H,1H3/b3-2+. The van der Waals surface area contributed by atoms with Crippen LogP contribution in [0.2, 0.25) is 0 Å². The lowest BCUT2D eigenvalue weighted by molar-refractivity contribution is 0.577. The van der Waals surface area contributed by atoms with Gasteiger partial charge in [0.2, 0.25) is 0 Å². The highest BCUT2D eigenvalue weighted by Gasteiger charge is 2.06. The van der Waals surface area contributed by atoms with E-state index in [9.17, 15) is 13.7 Å². The minimum absolute atomic E-state index is 0.245. The zero-order valence-corrected chi connectivity index (χ0v) is 6.92. The number of nitrogens with zero attached hydrogens (tertiary/aromatic N) is 1. The van der Waals surface area contributed by atoms with Crippen molar-refractivity contribution in [2.45, 2.75) is 6.92 Å². The summed E-state index contributed by atoms with van der Waals surface area (Å²) in [6, 6.07) is 2.38. The summed E-state index contributed by atoms with van der Waals surface area (Å²) in [7, 11) is 0. The maximum Gasteiger partial charge on any atom is 0.133 e. The van der Waals surface area contributed by atoms with Crippen molar-refractivity contribution < 1.29 is 8.78 Å². The molecule has 0 heterocycles. The Morgan fingerprint density at radius 1 is 1.31 bits per heavy atom. The Bertz CT molecular complexity index is 338. The van der Waals surface area contributed by atoms with Crippen LogP contribution in [-0.4, -0.2) is 0 Å². The number of hydrogen-bond donors (Lipinski definition) is 0. The zero-order valence-electron chi connectivity index (χ0n) is 6.92. The molecule has 0 bridgehead atoms. The number of benzene rings is 1. The van der Waals surface area contributed by atoms with Gasteiger partial charge in [0.1, 0.15) is 11.6 Å². The molecule has 0 unspecified atom stereocenters. The lowest BCUT2D eigenvalue weighted by Crippen LogP contribution is -1.89. The first-order chi connectivity index (χ1) is 6.15. The van der Waals surface area contributed by atoms with E-state index in [1.165, 1.54) is 12.1 Å². The fourth-order valence-corrected chi connectivity index (χ4v) is 0.975. The number of rotatable bonds is 2. The predicted molar refractivity (Wildman–Crippen MR) is 45.9 cm³/mol. The van der Waals surface area contributed by atoms with E-state index in [2.05, 4.69) is 5.18 Å². The Morgan fingerprint density at radius 2 is 1.85 bits per heavy atom. The normalized spacial score (nSPS) is 10.7. The average molecular weight is 183 g/mol. The minimum Gasteiger partial charge on any atom is -0.206 e. The first-order valence-electron chi connectivity index (χ1n) is 3.60. The van der Waals surface area contributed by atoms with Gasteiger partial charge in [0.15, 0.2) is 0 Å². The van der Waals surface area contributed by atoms with Gasteiger partial charge in [-0.2, -0.15) is 0 Å². The van der Waals surface area contributed by atoms with Gasteiger partial charge in [0, 0.05) is 5.56 Å². The molecule has 1 aromatic carbocycles. The average Bonchev–Trinajstić information content (AvgIpc) is 2.02. The van der Waals surface area contributed by atoms with E-state index < -0.39 is 11.6 Å². The molecule has 1 rings (SSSR count). The smallest absolute Gasteiger partial charge is 0.133 e. The fraction of sp³-hybridized carbons (Fsp3) is 0.111. The van der Waals surface area contributed by atoms with Crippen LogP contribution in [0.1, 0.15) is 11.1 Å². The molecule has 0 fully saturated rings. The van der Waals surface area contributed by atoms with Crippen LogP contribution in [0.15, 0.2) is 23.5 Å². The summed E-state index contributed by atoms with van der Waals surface area (Å²) < 4.78 is 26.0. The molecule has 0 saturated carbocycles. The lowest BCUT2D eigenvalue weighted by atomic mass is 10.1. The summed E-state index contributed by atoms with van der Waals surface area (Å²) in [5.41, 5.74) is 0.247. The summed E-state index contributed by atoms with van der Waals surface area (Å²) in [5, 5.41) is 2.37. The van der Waals surface area contributed by atoms with Crippen molar-refractivity contribution in [3.63, 3.8) is 0 Å². The molecule has 0 aliphatic rings. The van der Waals surface area contributed by atoms with Crippen LogP contribution >= 0.6 is 0 Å². The zero-order chi connectivity index (χ0) is 9.84. The Labute approximate surface area is 73.9 Å². The third-order valence-corrected chi connectivity index (χ3v) is 1.53. The molecule has 1 aromatic rings. The van der Waals surface area contributed by atoms with Crippen molar-refractivity contribution in [2.75, 3.05) is 0 Å². The highest BCUT2D eigenvalue weighted by Crippen LogP contribution is 2.16. The van der Waals surface area contributed by atoms with Gasteiger partial charge in [-0.3, -0.25) is 0 Å². The second-order valence-electron chi connectivity index (χ2n) is 2.56. The van der Waals surface area contributed by atoms with Crippen LogP contribution < -0.4 is 0 Å². The summed E-state index contributed by atoms with van der Waals surface area (Å²) in [6.45, 7) is 1.58. The van der Waals surface area contributed by atoms with Crippen LogP contribution in [0, 0.1) is 23.5 Å². The van der Waals surface area contributed by atoms with Crippen LogP contribution in [0.3, 0.4) is 0 Å². The third kappa shape index (κ3) is 2.18. The van der Waals surface area contributed by atoms with Crippen molar-refractivity contribution >= 4 is 6.08 Å². The number of aryl methyl sites for hydroxylation is 1. The molecular formula is C9H7F2NO. The largest absolute Gasteiger partial charge is 0.206 e. The maximum atomic E-state index is 13.0. The van der Waals surface area contributed by atoms with Gasteiger partial charge in [-0.15, -0.1) is 4.91 Å². The van der Waals surface area contributed by atoms with Crippen LogP contribution in [0.5, 0.6) is 0 Å². The second-order valence-corrected chi connectivity index (χ2v) is 2.56. The number of nitroso groups, excluding NO2 is 1. The SMILES string of the molecule is Cc1cc(F)c(/C=C/N=O)c(F)c1. The Morgan fingerprint density at radius 3 is 2.31 bits per heavy atom. The van der Waals surface area contributed by atoms with E-state index in [0.717, 1.165) is 12.3 Å². The molecule has 0 amide bonds. The third-order valence-electron chi connectivity index (χ3n) is 1.53. The molecule has 0 radical (unpaired) electrons. The summed E-state index contributed by atoms with van der Waals surface area (Å²) in [5.74, 6) is -1.39. The minimum atomic E-state index is -0.697. The molecule has 0 spiro atoms. The highest BCUT2D eigenvalue weighted by molar-refractivity contribution is 5.51. The van der Waals surface area contributed by atoms with Crippen molar-refractivity contribution in [3.8, 4) is 0 Å². The number of hydrogen-bond acceptors (Lipinski definition) is 2. The second kappa shape index (κ2) is 3.89. The van der Waals surface area contributed by atoms with Gasteiger partial charge in [0.25, 0.3) is 0 Å². The van der Waals surface area contributed by atoms with Crippen molar-refractivity contribution in [1.82, 2.24) is 0 Å². The lowest BCUT2D eigenvalue weighted by Gasteiger charge is -1.99. The van der Waals surface area contributed by atoms with E-state index in [0.29, 0.717) is 5.56 Å². The van der Waals surface area contributed by atoms with Crippen molar-refractivity contribution in [2.24, 2.45) is 5.18 Å². The molecule has 0 atom stereocenters. The van der Waals surface area contributed by atoms with Crippen LogP contribution in [-0.2, 0) is 0 Å². The monoisotopic (exact) mass is 183 g/mol. The predicted octanol–water partition coefficient (Wildman–Crippen LogP) is 3.01. The van der Waals surface area contributed by atoms with Gasteiger partial charge < -0.3 is 0 Å². The first kappa shape index (κ1) is 9.51. The molecule has 0 aromatic heterocycles. The molecule has 0 aliphatic heterocycles. The van der Waals surface area contributed by atoms with E-state index in [1.807, 2.05) is 0 Å². The first-order valence-corrected chi connectivity index (χ1v) is 3.60. The van der Waals surface area contributed by atoms with Gasteiger partial charge in [-0.05, 0) is 35.9 Å². The summed E-state index contributed by atoms with van der Waals surface area (Å²) in [4.78, 5) is 9.69. The van der Waals surface area contributed by atoms with Gasteiger partial charge in [-0.1, -0.05) is 0 Å². The molecular weight excluding hydrogens is 176 g/mol. The Hall–Kier alpha value is -1.58.